The van der Waals surface area contributed by atoms with Gasteiger partial charge in [-0.05, 0) is 54.2 Å². The number of benzene rings is 2. The molecule has 1 amide bonds. The number of nitrogens with two attached hydrogens (primary N) is 1. The number of pyridine rings is 1. The lowest BCUT2D eigenvalue weighted by Gasteiger charge is -2.23. The zero-order valence-electron chi connectivity index (χ0n) is 17.1. The third-order valence-corrected chi connectivity index (χ3v) is 5.39. The van der Waals surface area contributed by atoms with Gasteiger partial charge in [0.2, 0.25) is 0 Å². The van der Waals surface area contributed by atoms with E-state index in [2.05, 4.69) is 27.8 Å². The molecule has 0 unspecified atom stereocenters. The molecule has 31 heavy (non-hydrogen) atoms. The van der Waals surface area contributed by atoms with E-state index in [4.69, 9.17) is 10.5 Å². The molecule has 7 heteroatoms. The van der Waals surface area contributed by atoms with E-state index in [-0.39, 0.29) is 11.4 Å². The van der Waals surface area contributed by atoms with Crippen molar-refractivity contribution in [2.45, 2.75) is 25.3 Å². The number of carbonyl (C=O) groups excluding carboxylic acids is 1. The van der Waals surface area contributed by atoms with E-state index < -0.39 is 5.91 Å². The molecule has 0 saturated carbocycles. The van der Waals surface area contributed by atoms with Crippen molar-refractivity contribution in [3.63, 3.8) is 0 Å². The Hall–Kier alpha value is -3.45. The van der Waals surface area contributed by atoms with Gasteiger partial charge >= 0.3 is 0 Å². The molecule has 1 fully saturated rings. The number of nitrogens with one attached hydrogen (secondary N) is 2. The fourth-order valence-electron chi connectivity index (χ4n) is 3.76. The molecule has 1 saturated heterocycles. The lowest BCUT2D eigenvalue weighted by molar-refractivity contribution is 0.0853. The average Bonchev–Trinajstić information content (AvgIpc) is 2.78. The number of amides is 1. The summed E-state index contributed by atoms with van der Waals surface area (Å²) in [4.78, 5) is 16.2. The van der Waals surface area contributed by atoms with Gasteiger partial charge in [-0.25, -0.2) is 9.37 Å². The summed E-state index contributed by atoms with van der Waals surface area (Å²) in [5, 5.41) is 6.47. The van der Waals surface area contributed by atoms with Crippen LogP contribution in [-0.2, 0) is 11.3 Å². The minimum Gasteiger partial charge on any atom is -0.381 e. The van der Waals surface area contributed by atoms with Crippen LogP contribution in [0.5, 0.6) is 0 Å². The summed E-state index contributed by atoms with van der Waals surface area (Å²) < 4.78 is 18.9. The maximum atomic E-state index is 13.4. The van der Waals surface area contributed by atoms with Crippen LogP contribution in [0.1, 0.15) is 40.2 Å². The fourth-order valence-corrected chi connectivity index (χ4v) is 3.76. The van der Waals surface area contributed by atoms with E-state index in [9.17, 15) is 9.18 Å². The van der Waals surface area contributed by atoms with Gasteiger partial charge in [-0.3, -0.25) is 4.79 Å². The fraction of sp³-hybridized carbons (Fsp3) is 0.250. The lowest BCUT2D eigenvalue weighted by Crippen LogP contribution is -2.15. The Morgan fingerprint density at radius 2 is 1.94 bits per heavy atom. The second kappa shape index (κ2) is 9.57. The van der Waals surface area contributed by atoms with E-state index in [1.54, 1.807) is 12.1 Å². The van der Waals surface area contributed by atoms with Crippen molar-refractivity contribution >= 4 is 23.1 Å². The molecule has 1 aliphatic rings. The number of aromatic nitrogens is 1. The van der Waals surface area contributed by atoms with Crippen LogP contribution in [0, 0.1) is 5.82 Å². The second-order valence-electron chi connectivity index (χ2n) is 7.60. The van der Waals surface area contributed by atoms with Crippen molar-refractivity contribution in [1.82, 2.24) is 4.98 Å². The molecule has 1 aliphatic heterocycles. The van der Waals surface area contributed by atoms with Gasteiger partial charge in [-0.15, -0.1) is 0 Å². The van der Waals surface area contributed by atoms with E-state index in [0.717, 1.165) is 37.3 Å². The maximum absolute atomic E-state index is 13.4. The Morgan fingerprint density at radius 1 is 1.13 bits per heavy atom. The molecule has 4 N–H and O–H groups in total. The summed E-state index contributed by atoms with van der Waals surface area (Å²) in [6, 6.07) is 16.3. The topological polar surface area (TPSA) is 89.3 Å². The Bertz CT molecular complexity index is 1070. The second-order valence-corrected chi connectivity index (χ2v) is 7.60. The van der Waals surface area contributed by atoms with Crippen LogP contribution in [0.3, 0.4) is 0 Å². The number of nitrogens with zero attached hydrogens (tertiary/aromatic N) is 1. The summed E-state index contributed by atoms with van der Waals surface area (Å²) in [5.41, 5.74) is 9.26. The molecule has 0 radical (unpaired) electrons. The van der Waals surface area contributed by atoms with Crippen LogP contribution in [0.15, 0.2) is 60.8 Å². The smallest absolute Gasteiger partial charge is 0.252 e. The molecule has 2 aromatic carbocycles. The maximum Gasteiger partial charge on any atom is 0.252 e. The van der Waals surface area contributed by atoms with Gasteiger partial charge in [0, 0.05) is 37.7 Å². The van der Waals surface area contributed by atoms with Crippen LogP contribution >= 0.6 is 0 Å². The molecule has 3 aromatic rings. The van der Waals surface area contributed by atoms with E-state index in [1.807, 2.05) is 18.2 Å². The molecule has 0 spiro atoms. The van der Waals surface area contributed by atoms with Gasteiger partial charge in [-0.1, -0.05) is 24.3 Å². The molecule has 0 atom stereocenters. The highest BCUT2D eigenvalue weighted by Gasteiger charge is 2.16. The molecule has 0 bridgehead atoms. The minimum absolute atomic E-state index is 0.276. The number of hydrogen-bond donors (Lipinski definition) is 3. The summed E-state index contributed by atoms with van der Waals surface area (Å²) in [6.45, 7) is 1.93. The number of anilines is 3. The van der Waals surface area contributed by atoms with Gasteiger partial charge in [0.15, 0.2) is 0 Å². The standard InChI is InChI=1S/C24H25FN4O2/c25-19-5-1-3-16(11-19)14-27-22-13-23(28-15-21(22)24(26)30)29-20-6-2-4-18(12-20)17-7-9-31-10-8-17/h1-6,11-13,15,17H,7-10,14H2,(H2,26,30)(H2,27,28,29). The zero-order chi connectivity index (χ0) is 21.6. The minimum atomic E-state index is -0.581. The SMILES string of the molecule is NC(=O)c1cnc(Nc2cccc(C3CCOCC3)c2)cc1NCc1cccc(F)c1. The predicted molar refractivity (Wildman–Crippen MR) is 119 cm³/mol. The Balaban J connectivity index is 1.52. The van der Waals surface area contributed by atoms with Crippen molar-refractivity contribution in [2.75, 3.05) is 23.8 Å². The molecular weight excluding hydrogens is 395 g/mol. The number of primary amides is 1. The number of carbonyl (C=O) groups is 1. The number of halogens is 1. The van der Waals surface area contributed by atoms with E-state index >= 15 is 0 Å². The number of rotatable bonds is 7. The van der Waals surface area contributed by atoms with E-state index in [1.165, 1.54) is 23.9 Å². The highest BCUT2D eigenvalue weighted by Crippen LogP contribution is 2.29. The molecular formula is C24H25FN4O2. The van der Waals surface area contributed by atoms with Gasteiger partial charge < -0.3 is 21.1 Å². The van der Waals surface area contributed by atoms with Crippen LogP contribution in [0.4, 0.5) is 21.6 Å². The third-order valence-electron chi connectivity index (χ3n) is 5.39. The van der Waals surface area contributed by atoms with Crippen molar-refractivity contribution in [3.05, 3.63) is 83.3 Å². The van der Waals surface area contributed by atoms with Gasteiger partial charge in [0.25, 0.3) is 5.91 Å². The van der Waals surface area contributed by atoms with Crippen LogP contribution in [-0.4, -0.2) is 24.1 Å². The Morgan fingerprint density at radius 3 is 2.71 bits per heavy atom. The van der Waals surface area contributed by atoms with Crippen LogP contribution in [0.2, 0.25) is 0 Å². The molecule has 1 aromatic heterocycles. The van der Waals surface area contributed by atoms with E-state index in [0.29, 0.717) is 24.0 Å². The molecule has 6 nitrogen and oxygen atoms in total. The first-order valence-corrected chi connectivity index (χ1v) is 10.3. The highest BCUT2D eigenvalue weighted by atomic mass is 19.1. The number of hydrogen-bond acceptors (Lipinski definition) is 5. The molecule has 2 heterocycles. The first-order valence-electron chi connectivity index (χ1n) is 10.3. The van der Waals surface area contributed by atoms with Gasteiger partial charge in [-0.2, -0.15) is 0 Å². The Labute approximate surface area is 180 Å². The summed E-state index contributed by atoms with van der Waals surface area (Å²) in [6.07, 6.45) is 3.48. The monoisotopic (exact) mass is 420 g/mol. The van der Waals surface area contributed by atoms with Crippen molar-refractivity contribution in [3.8, 4) is 0 Å². The Kier molecular flexibility index (Phi) is 6.43. The van der Waals surface area contributed by atoms with Crippen molar-refractivity contribution in [2.24, 2.45) is 5.73 Å². The van der Waals surface area contributed by atoms with Gasteiger partial charge in [0.05, 0.1) is 11.3 Å². The third kappa shape index (κ3) is 5.38. The molecule has 4 rings (SSSR count). The summed E-state index contributed by atoms with van der Waals surface area (Å²) in [7, 11) is 0. The highest BCUT2D eigenvalue weighted by molar-refractivity contribution is 5.98. The first kappa shape index (κ1) is 20.8. The molecule has 0 aliphatic carbocycles. The average molecular weight is 420 g/mol. The van der Waals surface area contributed by atoms with Crippen LogP contribution < -0.4 is 16.4 Å². The lowest BCUT2D eigenvalue weighted by atomic mass is 9.91. The van der Waals surface area contributed by atoms with Crippen molar-refractivity contribution in [1.29, 1.82) is 0 Å². The first-order chi connectivity index (χ1) is 15.1. The normalized spacial score (nSPS) is 14.2. The summed E-state index contributed by atoms with van der Waals surface area (Å²) in [5.74, 6) is 0.179. The largest absolute Gasteiger partial charge is 0.381 e. The van der Waals surface area contributed by atoms with Crippen LogP contribution in [0.25, 0.3) is 0 Å². The summed E-state index contributed by atoms with van der Waals surface area (Å²) >= 11 is 0. The quantitative estimate of drug-likeness (QED) is 0.521. The van der Waals surface area contributed by atoms with Gasteiger partial charge in [0.1, 0.15) is 11.6 Å². The zero-order valence-corrected chi connectivity index (χ0v) is 17.1. The van der Waals surface area contributed by atoms with Crippen molar-refractivity contribution < 1.29 is 13.9 Å². The molecule has 160 valence electrons. The number of ether oxygens (including phenoxy) is 1. The predicted octanol–water partition coefficient (Wildman–Crippen LogP) is 4.57.